The van der Waals surface area contributed by atoms with Gasteiger partial charge in [0.1, 0.15) is 17.0 Å². The Morgan fingerprint density at radius 3 is 2.62 bits per heavy atom. The van der Waals surface area contributed by atoms with Crippen LogP contribution in [-0.4, -0.2) is 50.9 Å². The summed E-state index contributed by atoms with van der Waals surface area (Å²) in [6.45, 7) is 4.58. The Morgan fingerprint density at radius 1 is 1.11 bits per heavy atom. The summed E-state index contributed by atoms with van der Waals surface area (Å²) in [5.41, 5.74) is 2.10. The van der Waals surface area contributed by atoms with Crippen LogP contribution in [-0.2, 0) is 24.4 Å². The molecule has 2 aromatic carbocycles. The average Bonchev–Trinajstić information content (AvgIpc) is 3.63. The molecule has 1 fully saturated rings. The van der Waals surface area contributed by atoms with E-state index in [-0.39, 0.29) is 42.3 Å². The molecule has 0 bridgehead atoms. The van der Waals surface area contributed by atoms with Gasteiger partial charge in [-0.1, -0.05) is 48.0 Å². The predicted molar refractivity (Wildman–Crippen MR) is 137 cm³/mol. The fourth-order valence-corrected chi connectivity index (χ4v) is 5.02. The van der Waals surface area contributed by atoms with Gasteiger partial charge in [-0.15, -0.1) is 0 Å². The van der Waals surface area contributed by atoms with Gasteiger partial charge in [0.2, 0.25) is 5.91 Å². The third kappa shape index (κ3) is 4.69. The highest BCUT2D eigenvalue weighted by Gasteiger charge is 2.53. The SMILES string of the molecule is COc1ccccc1CNC(=O)C1(C)Cn2cnc(C(=O)NCc3cccc(C)c3)c2C(=O)N1C1CC1. The van der Waals surface area contributed by atoms with Gasteiger partial charge >= 0.3 is 0 Å². The Hall–Kier alpha value is -4.14. The molecule has 2 aliphatic rings. The van der Waals surface area contributed by atoms with E-state index in [1.54, 1.807) is 23.5 Å². The van der Waals surface area contributed by atoms with Crippen LogP contribution < -0.4 is 15.4 Å². The molecule has 0 spiro atoms. The first kappa shape index (κ1) is 24.5. The number of hydrogen-bond donors (Lipinski definition) is 2. The minimum atomic E-state index is -1.12. The molecule has 1 aliphatic carbocycles. The zero-order valence-corrected chi connectivity index (χ0v) is 21.3. The maximum absolute atomic E-state index is 13.8. The van der Waals surface area contributed by atoms with E-state index < -0.39 is 11.4 Å². The number of imidazole rings is 1. The fraction of sp³-hybridized carbons (Fsp3) is 0.357. The highest BCUT2D eigenvalue weighted by atomic mass is 16.5. The maximum atomic E-state index is 13.8. The molecule has 2 heterocycles. The summed E-state index contributed by atoms with van der Waals surface area (Å²) in [4.78, 5) is 46.3. The lowest BCUT2D eigenvalue weighted by atomic mass is 9.93. The Kier molecular flexibility index (Phi) is 6.45. The smallest absolute Gasteiger partial charge is 0.274 e. The van der Waals surface area contributed by atoms with Gasteiger partial charge in [-0.3, -0.25) is 14.4 Å². The molecule has 3 amide bonds. The van der Waals surface area contributed by atoms with E-state index in [1.807, 2.05) is 55.5 Å². The van der Waals surface area contributed by atoms with Crippen LogP contribution in [0.15, 0.2) is 54.9 Å². The minimum Gasteiger partial charge on any atom is -0.496 e. The summed E-state index contributed by atoms with van der Waals surface area (Å²) in [6, 6.07) is 15.3. The summed E-state index contributed by atoms with van der Waals surface area (Å²) >= 11 is 0. The van der Waals surface area contributed by atoms with Crippen molar-refractivity contribution in [3.05, 3.63) is 82.9 Å². The second kappa shape index (κ2) is 9.72. The Bertz CT molecular complexity index is 1360. The Labute approximate surface area is 215 Å². The third-order valence-corrected chi connectivity index (χ3v) is 7.05. The van der Waals surface area contributed by atoms with Crippen LogP contribution in [0.1, 0.15) is 57.4 Å². The van der Waals surface area contributed by atoms with Crippen molar-refractivity contribution in [3.63, 3.8) is 0 Å². The molecule has 192 valence electrons. The molecule has 5 rings (SSSR count). The Balaban J connectivity index is 1.36. The zero-order chi connectivity index (χ0) is 26.2. The van der Waals surface area contributed by atoms with E-state index in [0.29, 0.717) is 12.3 Å². The number of para-hydroxylation sites is 1. The molecule has 0 radical (unpaired) electrons. The number of rotatable bonds is 8. The van der Waals surface area contributed by atoms with Gasteiger partial charge in [-0.2, -0.15) is 0 Å². The maximum Gasteiger partial charge on any atom is 0.274 e. The van der Waals surface area contributed by atoms with Gasteiger partial charge < -0.3 is 24.8 Å². The van der Waals surface area contributed by atoms with Crippen molar-refractivity contribution in [1.82, 2.24) is 25.1 Å². The van der Waals surface area contributed by atoms with Crippen LogP contribution in [0.25, 0.3) is 0 Å². The molecule has 1 aliphatic heterocycles. The molecule has 2 N–H and O–H groups in total. The number of ether oxygens (including phenoxy) is 1. The van der Waals surface area contributed by atoms with E-state index in [1.165, 1.54) is 6.33 Å². The van der Waals surface area contributed by atoms with Gasteiger partial charge in [0, 0.05) is 24.7 Å². The number of hydrogen-bond acceptors (Lipinski definition) is 5. The molecule has 1 aromatic heterocycles. The van der Waals surface area contributed by atoms with E-state index in [0.717, 1.165) is 29.5 Å². The molecule has 37 heavy (non-hydrogen) atoms. The van der Waals surface area contributed by atoms with Crippen molar-refractivity contribution in [3.8, 4) is 5.75 Å². The number of amides is 3. The Morgan fingerprint density at radius 2 is 1.89 bits per heavy atom. The largest absolute Gasteiger partial charge is 0.496 e. The first-order valence-electron chi connectivity index (χ1n) is 12.4. The second-order valence-corrected chi connectivity index (χ2v) is 9.92. The number of fused-ring (bicyclic) bond motifs is 1. The first-order chi connectivity index (χ1) is 17.8. The summed E-state index contributed by atoms with van der Waals surface area (Å²) in [7, 11) is 1.59. The molecular weight excluding hydrogens is 470 g/mol. The molecule has 1 saturated carbocycles. The number of nitrogens with zero attached hydrogens (tertiary/aromatic N) is 3. The van der Waals surface area contributed by atoms with Crippen molar-refractivity contribution in [2.45, 2.75) is 57.9 Å². The molecule has 9 nitrogen and oxygen atoms in total. The number of benzene rings is 2. The van der Waals surface area contributed by atoms with E-state index in [2.05, 4.69) is 15.6 Å². The lowest BCUT2D eigenvalue weighted by Crippen LogP contribution is -2.64. The zero-order valence-electron chi connectivity index (χ0n) is 21.3. The van der Waals surface area contributed by atoms with Crippen LogP contribution in [0.3, 0.4) is 0 Å². The van der Waals surface area contributed by atoms with Gasteiger partial charge in [-0.25, -0.2) is 4.98 Å². The van der Waals surface area contributed by atoms with Crippen molar-refractivity contribution in [2.75, 3.05) is 7.11 Å². The predicted octanol–water partition coefficient (Wildman–Crippen LogP) is 2.82. The number of aromatic nitrogens is 2. The van der Waals surface area contributed by atoms with Crippen LogP contribution >= 0.6 is 0 Å². The molecule has 9 heteroatoms. The monoisotopic (exact) mass is 501 g/mol. The van der Waals surface area contributed by atoms with Crippen LogP contribution in [0.2, 0.25) is 0 Å². The molecule has 0 saturated heterocycles. The van der Waals surface area contributed by atoms with Crippen LogP contribution in [0, 0.1) is 6.92 Å². The number of nitrogens with one attached hydrogen (secondary N) is 2. The standard InChI is InChI=1S/C28H31N5O4/c1-18-7-6-8-19(13-18)14-29-25(34)23-24-26(35)33(21-11-12-21)28(2,16-32(24)17-31-23)27(36)30-15-20-9-4-5-10-22(20)37-3/h4-10,13,17,21H,11-12,14-16H2,1-3H3,(H,29,34)(H,30,36). The number of aryl methyl sites for hydroxylation is 1. The van der Waals surface area contributed by atoms with Crippen LogP contribution in [0.4, 0.5) is 0 Å². The third-order valence-electron chi connectivity index (χ3n) is 7.05. The van der Waals surface area contributed by atoms with Crippen molar-refractivity contribution < 1.29 is 19.1 Å². The number of methoxy groups -OCH3 is 1. The van der Waals surface area contributed by atoms with Gasteiger partial charge in [0.05, 0.1) is 20.0 Å². The van der Waals surface area contributed by atoms with Crippen molar-refractivity contribution in [1.29, 1.82) is 0 Å². The topological polar surface area (TPSA) is 106 Å². The summed E-state index contributed by atoms with van der Waals surface area (Å²) in [5, 5.41) is 5.87. The van der Waals surface area contributed by atoms with Gasteiger partial charge in [0.25, 0.3) is 11.8 Å². The van der Waals surface area contributed by atoms with Crippen LogP contribution in [0.5, 0.6) is 5.75 Å². The molecule has 3 aromatic rings. The van der Waals surface area contributed by atoms with Crippen molar-refractivity contribution >= 4 is 17.7 Å². The summed E-state index contributed by atoms with van der Waals surface area (Å²) in [6.07, 6.45) is 3.12. The second-order valence-electron chi connectivity index (χ2n) is 9.92. The number of carbonyl (C=O) groups is 3. The number of carbonyl (C=O) groups excluding carboxylic acids is 3. The fourth-order valence-electron chi connectivity index (χ4n) is 5.02. The highest BCUT2D eigenvalue weighted by Crippen LogP contribution is 2.39. The quantitative estimate of drug-likeness (QED) is 0.494. The summed E-state index contributed by atoms with van der Waals surface area (Å²) < 4.78 is 7.02. The molecule has 1 unspecified atom stereocenters. The van der Waals surface area contributed by atoms with Gasteiger partial charge in [0.15, 0.2) is 5.69 Å². The molecule has 1 atom stereocenters. The van der Waals surface area contributed by atoms with E-state index in [9.17, 15) is 14.4 Å². The highest BCUT2D eigenvalue weighted by molar-refractivity contribution is 6.07. The normalized spacial score (nSPS) is 18.8. The average molecular weight is 502 g/mol. The molecular formula is C28H31N5O4. The van der Waals surface area contributed by atoms with E-state index in [4.69, 9.17) is 4.74 Å². The van der Waals surface area contributed by atoms with E-state index >= 15 is 0 Å². The van der Waals surface area contributed by atoms with Crippen molar-refractivity contribution in [2.24, 2.45) is 0 Å². The summed E-state index contributed by atoms with van der Waals surface area (Å²) in [5.74, 6) is -0.334. The minimum absolute atomic E-state index is 0.0404. The lowest BCUT2D eigenvalue weighted by molar-refractivity contribution is -0.133. The lowest BCUT2D eigenvalue weighted by Gasteiger charge is -2.44. The van der Waals surface area contributed by atoms with Gasteiger partial charge in [-0.05, 0) is 38.3 Å². The first-order valence-corrected chi connectivity index (χ1v) is 12.4.